The van der Waals surface area contributed by atoms with Crippen LogP contribution in [0.1, 0.15) is 17.0 Å². The molecule has 0 radical (unpaired) electrons. The van der Waals surface area contributed by atoms with Gasteiger partial charge in [0.05, 0.1) is 18.1 Å². The molecule has 1 aromatic heterocycles. The van der Waals surface area contributed by atoms with Gasteiger partial charge in [-0.05, 0) is 54.5 Å². The molecule has 148 valence electrons. The van der Waals surface area contributed by atoms with Gasteiger partial charge in [-0.15, -0.1) is 0 Å². The predicted octanol–water partition coefficient (Wildman–Crippen LogP) is 5.09. The second-order valence-electron chi connectivity index (χ2n) is 7.02. The number of carbonyl (C=O) groups is 1. The number of aryl methyl sites for hydroxylation is 1. The largest absolute Gasteiger partial charge is 0.383 e. The van der Waals surface area contributed by atoms with E-state index in [0.29, 0.717) is 22.4 Å². The van der Waals surface area contributed by atoms with Crippen LogP contribution in [0.3, 0.4) is 0 Å². The third kappa shape index (κ3) is 3.75. The Bertz CT molecular complexity index is 1150. The summed E-state index contributed by atoms with van der Waals surface area (Å²) in [6.07, 6.45) is 1.95. The highest BCUT2D eigenvalue weighted by molar-refractivity contribution is 8.26. The van der Waals surface area contributed by atoms with Crippen LogP contribution >= 0.6 is 24.0 Å². The van der Waals surface area contributed by atoms with Crippen molar-refractivity contribution in [2.24, 2.45) is 0 Å². The van der Waals surface area contributed by atoms with Gasteiger partial charge in [-0.2, -0.15) is 0 Å². The zero-order chi connectivity index (χ0) is 20.5. The van der Waals surface area contributed by atoms with E-state index in [0.717, 1.165) is 22.6 Å². The zero-order valence-corrected chi connectivity index (χ0v) is 18.3. The van der Waals surface area contributed by atoms with Crippen molar-refractivity contribution in [3.63, 3.8) is 0 Å². The zero-order valence-electron chi connectivity index (χ0n) is 16.6. The maximum atomic E-state index is 12.7. The number of thioether (sulfide) groups is 1. The minimum atomic E-state index is -0.0486. The number of hydrogen-bond donors (Lipinski definition) is 0. The summed E-state index contributed by atoms with van der Waals surface area (Å²) < 4.78 is 7.90. The van der Waals surface area contributed by atoms with Crippen molar-refractivity contribution < 1.29 is 9.53 Å². The molecule has 4 rings (SSSR count). The maximum absolute atomic E-state index is 12.7. The summed E-state index contributed by atoms with van der Waals surface area (Å²) in [4.78, 5) is 15.0. The monoisotopic (exact) mass is 422 g/mol. The van der Waals surface area contributed by atoms with Crippen LogP contribution in [0.4, 0.5) is 0 Å². The summed E-state index contributed by atoms with van der Waals surface area (Å²) in [5.41, 5.74) is 4.37. The molecule has 0 bridgehead atoms. The molecule has 2 heterocycles. The Kier molecular flexibility index (Phi) is 5.58. The van der Waals surface area contributed by atoms with Gasteiger partial charge in [-0.25, -0.2) is 0 Å². The number of methoxy groups -OCH3 is 1. The van der Waals surface area contributed by atoms with Gasteiger partial charge in [0, 0.05) is 24.2 Å². The lowest BCUT2D eigenvalue weighted by molar-refractivity contribution is -0.122. The van der Waals surface area contributed by atoms with Crippen molar-refractivity contribution in [1.82, 2.24) is 9.47 Å². The van der Waals surface area contributed by atoms with E-state index in [1.165, 1.54) is 22.5 Å². The molecular formula is C23H22N2O2S2. The molecule has 1 amide bonds. The van der Waals surface area contributed by atoms with Crippen molar-refractivity contribution in [3.05, 3.63) is 70.4 Å². The number of fused-ring (bicyclic) bond motifs is 1. The van der Waals surface area contributed by atoms with Crippen molar-refractivity contribution >= 4 is 51.1 Å². The first kappa shape index (κ1) is 19.9. The molecule has 1 aliphatic rings. The Labute approximate surface area is 180 Å². The predicted molar refractivity (Wildman–Crippen MR) is 125 cm³/mol. The third-order valence-corrected chi connectivity index (χ3v) is 6.52. The van der Waals surface area contributed by atoms with E-state index >= 15 is 0 Å². The Morgan fingerprint density at radius 2 is 1.86 bits per heavy atom. The van der Waals surface area contributed by atoms with Gasteiger partial charge in [-0.3, -0.25) is 9.69 Å². The molecule has 29 heavy (non-hydrogen) atoms. The molecule has 0 aliphatic carbocycles. The fourth-order valence-electron chi connectivity index (χ4n) is 3.66. The van der Waals surface area contributed by atoms with Crippen molar-refractivity contribution in [2.75, 3.05) is 20.3 Å². The van der Waals surface area contributed by atoms with Gasteiger partial charge in [0.1, 0.15) is 4.32 Å². The molecular weight excluding hydrogens is 400 g/mol. The lowest BCUT2D eigenvalue weighted by Crippen LogP contribution is -2.31. The molecule has 0 unspecified atom stereocenters. The van der Waals surface area contributed by atoms with Gasteiger partial charge in [-0.1, -0.05) is 54.3 Å². The fraction of sp³-hybridized carbons (Fsp3) is 0.217. The van der Waals surface area contributed by atoms with Crippen LogP contribution in [0.5, 0.6) is 0 Å². The molecule has 0 N–H and O–H groups in total. The Hall–Kier alpha value is -2.41. The van der Waals surface area contributed by atoms with E-state index in [1.807, 2.05) is 6.08 Å². The summed E-state index contributed by atoms with van der Waals surface area (Å²) in [6.45, 7) is 5.12. The molecule has 3 aromatic rings. The first-order valence-electron chi connectivity index (χ1n) is 9.42. The summed E-state index contributed by atoms with van der Waals surface area (Å²) in [5.74, 6) is -0.0486. The minimum absolute atomic E-state index is 0.0486. The second kappa shape index (κ2) is 8.14. The normalized spacial score (nSPS) is 15.8. The number of benzene rings is 2. The Morgan fingerprint density at radius 3 is 2.62 bits per heavy atom. The van der Waals surface area contributed by atoms with E-state index in [9.17, 15) is 4.79 Å². The molecule has 4 nitrogen and oxygen atoms in total. The summed E-state index contributed by atoms with van der Waals surface area (Å²) in [5, 5.41) is 2.43. The third-order valence-electron chi connectivity index (χ3n) is 5.14. The van der Waals surface area contributed by atoms with Crippen molar-refractivity contribution in [2.45, 2.75) is 13.8 Å². The summed E-state index contributed by atoms with van der Waals surface area (Å²) >= 11 is 6.73. The maximum Gasteiger partial charge on any atom is 0.266 e. The van der Waals surface area contributed by atoms with Gasteiger partial charge in [0.2, 0.25) is 0 Å². The lowest BCUT2D eigenvalue weighted by Gasteiger charge is -2.13. The highest BCUT2D eigenvalue weighted by atomic mass is 32.2. The minimum Gasteiger partial charge on any atom is -0.383 e. The Morgan fingerprint density at radius 1 is 1.10 bits per heavy atom. The number of thiocarbonyl (C=S) groups is 1. The standard InChI is InChI=1S/C23H22N2O2S2/c1-15-12-19(14-21-22(26)24(10-11-27-3)23(28)29-21)16(2)25(15)20-9-8-17-6-4-5-7-18(17)13-20/h4-9,12-14H,10-11H2,1-3H3. The average Bonchev–Trinajstić information content (AvgIpc) is 3.14. The first-order chi connectivity index (χ1) is 14.0. The molecule has 2 aromatic carbocycles. The van der Waals surface area contributed by atoms with E-state index in [-0.39, 0.29) is 5.91 Å². The van der Waals surface area contributed by atoms with Crippen LogP contribution in [-0.2, 0) is 9.53 Å². The van der Waals surface area contributed by atoms with Crippen LogP contribution in [0.15, 0.2) is 53.4 Å². The van der Waals surface area contributed by atoms with Gasteiger partial charge in [0.25, 0.3) is 5.91 Å². The van der Waals surface area contributed by atoms with E-state index < -0.39 is 0 Å². The van der Waals surface area contributed by atoms with Gasteiger partial charge >= 0.3 is 0 Å². The second-order valence-corrected chi connectivity index (χ2v) is 8.70. The topological polar surface area (TPSA) is 34.5 Å². The number of aromatic nitrogens is 1. The fourth-order valence-corrected chi connectivity index (χ4v) is 4.96. The van der Waals surface area contributed by atoms with Gasteiger partial charge < -0.3 is 9.30 Å². The lowest BCUT2D eigenvalue weighted by atomic mass is 10.1. The van der Waals surface area contributed by atoms with E-state index in [1.54, 1.807) is 12.0 Å². The molecule has 0 atom stereocenters. The molecule has 1 fully saturated rings. The van der Waals surface area contributed by atoms with Crippen LogP contribution in [0, 0.1) is 13.8 Å². The molecule has 0 spiro atoms. The summed E-state index contributed by atoms with van der Waals surface area (Å²) in [6, 6.07) is 16.9. The number of hydrogen-bond acceptors (Lipinski definition) is 4. The number of nitrogens with zero attached hydrogens (tertiary/aromatic N) is 2. The number of ether oxygens (including phenoxy) is 1. The number of rotatable bonds is 5. The quantitative estimate of drug-likeness (QED) is 0.423. The summed E-state index contributed by atoms with van der Waals surface area (Å²) in [7, 11) is 1.62. The van der Waals surface area contributed by atoms with Crippen LogP contribution in [0.2, 0.25) is 0 Å². The van der Waals surface area contributed by atoms with Crippen LogP contribution in [0.25, 0.3) is 22.5 Å². The highest BCUT2D eigenvalue weighted by Crippen LogP contribution is 2.34. The molecule has 6 heteroatoms. The van der Waals surface area contributed by atoms with Crippen LogP contribution < -0.4 is 0 Å². The molecule has 0 saturated carbocycles. The number of amides is 1. The smallest absolute Gasteiger partial charge is 0.266 e. The van der Waals surface area contributed by atoms with Crippen molar-refractivity contribution in [1.29, 1.82) is 0 Å². The SMILES string of the molecule is COCCN1C(=O)C(=Cc2cc(C)n(-c3ccc4ccccc4c3)c2C)SC1=S. The Balaban J connectivity index is 1.69. The average molecular weight is 423 g/mol. The molecule has 1 saturated heterocycles. The molecule has 1 aliphatic heterocycles. The van der Waals surface area contributed by atoms with E-state index in [2.05, 4.69) is 66.9 Å². The highest BCUT2D eigenvalue weighted by Gasteiger charge is 2.31. The number of carbonyl (C=O) groups excluding carboxylic acids is 1. The first-order valence-corrected chi connectivity index (χ1v) is 10.6. The van der Waals surface area contributed by atoms with Crippen LogP contribution in [-0.4, -0.2) is 40.0 Å². The van der Waals surface area contributed by atoms with Crippen molar-refractivity contribution in [3.8, 4) is 5.69 Å². The van der Waals surface area contributed by atoms with Gasteiger partial charge in [0.15, 0.2) is 0 Å². The van der Waals surface area contributed by atoms with E-state index in [4.69, 9.17) is 17.0 Å².